The summed E-state index contributed by atoms with van der Waals surface area (Å²) in [5.41, 5.74) is 1.98. The zero-order chi connectivity index (χ0) is 8.10. The van der Waals surface area contributed by atoms with Crippen molar-refractivity contribution in [1.29, 1.82) is 0 Å². The van der Waals surface area contributed by atoms with E-state index in [4.69, 9.17) is 5.11 Å². The second-order valence-electron chi connectivity index (χ2n) is 2.62. The molecule has 1 aliphatic rings. The molecule has 0 aromatic heterocycles. The molecule has 0 fully saturated rings. The molecule has 0 saturated heterocycles. The van der Waals surface area contributed by atoms with Crippen molar-refractivity contribution in [1.82, 2.24) is 10.6 Å². The fourth-order valence-corrected chi connectivity index (χ4v) is 1.02. The van der Waals surface area contributed by atoms with Gasteiger partial charge in [0.25, 0.3) is 0 Å². The number of allylic oxidation sites excluding steroid dienone is 1. The molecule has 1 rings (SSSR count). The second kappa shape index (κ2) is 4.03. The number of nitrogens with one attached hydrogen (secondary N) is 2. The molecule has 0 aromatic rings. The van der Waals surface area contributed by atoms with Crippen LogP contribution in [0, 0.1) is 0 Å². The van der Waals surface area contributed by atoms with Gasteiger partial charge in [-0.15, -0.1) is 0 Å². The molecule has 0 amide bonds. The molecule has 3 N–H and O–H groups in total. The monoisotopic (exact) mass is 154 g/mol. The van der Waals surface area contributed by atoms with Crippen molar-refractivity contribution in [3.8, 4) is 0 Å². The summed E-state index contributed by atoms with van der Waals surface area (Å²) in [6, 6.07) is 0. The van der Waals surface area contributed by atoms with Crippen LogP contribution in [0.4, 0.5) is 0 Å². The van der Waals surface area contributed by atoms with E-state index in [2.05, 4.69) is 16.7 Å². The van der Waals surface area contributed by atoms with Crippen molar-refractivity contribution in [2.75, 3.05) is 13.1 Å². The van der Waals surface area contributed by atoms with Crippen molar-refractivity contribution in [2.45, 2.75) is 13.3 Å². The largest absolute Gasteiger partial charge is 0.514 e. The Labute approximate surface area is 66.8 Å². The maximum atomic E-state index is 8.60. The van der Waals surface area contributed by atoms with E-state index in [0.717, 1.165) is 31.5 Å². The molecule has 1 heterocycles. The Morgan fingerprint density at radius 3 is 3.18 bits per heavy atom. The first-order valence-electron chi connectivity index (χ1n) is 3.80. The molecule has 3 heteroatoms. The van der Waals surface area contributed by atoms with Gasteiger partial charge in [-0.25, -0.2) is 0 Å². The lowest BCUT2D eigenvalue weighted by Gasteiger charge is -2.15. The molecule has 0 aliphatic carbocycles. The van der Waals surface area contributed by atoms with Gasteiger partial charge in [0.15, 0.2) is 0 Å². The molecule has 3 nitrogen and oxygen atoms in total. The van der Waals surface area contributed by atoms with E-state index < -0.39 is 0 Å². The molecule has 1 aliphatic heterocycles. The topological polar surface area (TPSA) is 44.3 Å². The normalized spacial score (nSPS) is 19.4. The quantitative estimate of drug-likeness (QED) is 0.517. The van der Waals surface area contributed by atoms with E-state index >= 15 is 0 Å². The molecular formula is C8H14N2O. The first-order chi connectivity index (χ1) is 5.33. The van der Waals surface area contributed by atoms with Gasteiger partial charge in [-0.2, -0.15) is 0 Å². The van der Waals surface area contributed by atoms with Gasteiger partial charge in [0, 0.05) is 24.5 Å². The van der Waals surface area contributed by atoms with E-state index in [1.165, 1.54) is 5.70 Å². The zero-order valence-corrected chi connectivity index (χ0v) is 6.72. The van der Waals surface area contributed by atoms with Crippen LogP contribution in [0.2, 0.25) is 0 Å². The molecule has 0 bridgehead atoms. The number of rotatable bonds is 2. The van der Waals surface area contributed by atoms with Crippen LogP contribution < -0.4 is 10.6 Å². The van der Waals surface area contributed by atoms with Gasteiger partial charge in [-0.3, -0.25) is 0 Å². The Kier molecular flexibility index (Phi) is 2.98. The highest BCUT2D eigenvalue weighted by atomic mass is 16.2. The van der Waals surface area contributed by atoms with Crippen LogP contribution in [0.25, 0.3) is 0 Å². The van der Waals surface area contributed by atoms with Crippen LogP contribution in [-0.4, -0.2) is 18.2 Å². The Morgan fingerprint density at radius 2 is 2.64 bits per heavy atom. The average molecular weight is 154 g/mol. The maximum Gasteiger partial charge on any atom is 0.0981 e. The fourth-order valence-electron chi connectivity index (χ4n) is 1.02. The highest BCUT2D eigenvalue weighted by Gasteiger charge is 2.01. The molecule has 0 unspecified atom stereocenters. The minimum Gasteiger partial charge on any atom is -0.514 e. The standard InChI is InChI=1S/C8H14N2O/c1-7(6-11)10-8-2-4-9-5-3-8/h2,6,9-11H,3-5H2,1H3/b7-6+. The van der Waals surface area contributed by atoms with Crippen molar-refractivity contribution in [3.63, 3.8) is 0 Å². The van der Waals surface area contributed by atoms with Crippen LogP contribution in [-0.2, 0) is 0 Å². The first-order valence-corrected chi connectivity index (χ1v) is 3.80. The lowest BCUT2D eigenvalue weighted by atomic mass is 10.2. The average Bonchev–Trinajstić information content (AvgIpc) is 2.06. The molecule has 0 aromatic carbocycles. The summed E-state index contributed by atoms with van der Waals surface area (Å²) in [6.07, 6.45) is 4.19. The van der Waals surface area contributed by atoms with E-state index in [1.54, 1.807) is 0 Å². The predicted molar refractivity (Wildman–Crippen MR) is 45.1 cm³/mol. The van der Waals surface area contributed by atoms with Gasteiger partial charge in [0.2, 0.25) is 0 Å². The van der Waals surface area contributed by atoms with Crippen LogP contribution in [0.1, 0.15) is 13.3 Å². The molecule has 0 saturated carbocycles. The summed E-state index contributed by atoms with van der Waals surface area (Å²) in [5, 5.41) is 14.9. The third-order valence-electron chi connectivity index (χ3n) is 1.62. The van der Waals surface area contributed by atoms with Gasteiger partial charge in [0.05, 0.1) is 6.26 Å². The molecule has 11 heavy (non-hydrogen) atoms. The summed E-state index contributed by atoms with van der Waals surface area (Å²) < 4.78 is 0. The van der Waals surface area contributed by atoms with Gasteiger partial charge >= 0.3 is 0 Å². The summed E-state index contributed by atoms with van der Waals surface area (Å²) in [4.78, 5) is 0. The lowest BCUT2D eigenvalue weighted by Crippen LogP contribution is -2.25. The summed E-state index contributed by atoms with van der Waals surface area (Å²) in [5.74, 6) is 0. The predicted octanol–water partition coefficient (Wildman–Crippen LogP) is 0.872. The Bertz CT molecular complexity index is 185. The van der Waals surface area contributed by atoms with Gasteiger partial charge in [-0.05, 0) is 13.3 Å². The summed E-state index contributed by atoms with van der Waals surface area (Å²) in [6.45, 7) is 3.77. The number of hydrogen-bond acceptors (Lipinski definition) is 3. The molecule has 0 radical (unpaired) electrons. The van der Waals surface area contributed by atoms with Gasteiger partial charge < -0.3 is 15.7 Å². The van der Waals surface area contributed by atoms with Crippen LogP contribution in [0.5, 0.6) is 0 Å². The lowest BCUT2D eigenvalue weighted by molar-refractivity contribution is 0.462. The van der Waals surface area contributed by atoms with Crippen LogP contribution >= 0.6 is 0 Å². The molecular weight excluding hydrogens is 140 g/mol. The highest BCUT2D eigenvalue weighted by Crippen LogP contribution is 2.02. The van der Waals surface area contributed by atoms with E-state index in [-0.39, 0.29) is 0 Å². The minimum atomic E-state index is 0.790. The Morgan fingerprint density at radius 1 is 1.82 bits per heavy atom. The number of hydrogen-bond donors (Lipinski definition) is 3. The number of aliphatic hydroxyl groups excluding tert-OH is 1. The smallest absolute Gasteiger partial charge is 0.0981 e. The SMILES string of the molecule is C/C(=C\O)NC1=CCNCC1. The minimum absolute atomic E-state index is 0.790. The Balaban J connectivity index is 2.41. The summed E-state index contributed by atoms with van der Waals surface area (Å²) >= 11 is 0. The second-order valence-corrected chi connectivity index (χ2v) is 2.62. The third kappa shape index (κ3) is 2.63. The molecule has 0 atom stereocenters. The highest BCUT2D eigenvalue weighted by molar-refractivity contribution is 5.10. The van der Waals surface area contributed by atoms with Crippen molar-refractivity contribution < 1.29 is 5.11 Å². The van der Waals surface area contributed by atoms with Crippen molar-refractivity contribution >= 4 is 0 Å². The van der Waals surface area contributed by atoms with Crippen molar-refractivity contribution in [2.24, 2.45) is 0 Å². The molecule has 62 valence electrons. The zero-order valence-electron chi connectivity index (χ0n) is 6.72. The van der Waals surface area contributed by atoms with E-state index in [0.29, 0.717) is 0 Å². The van der Waals surface area contributed by atoms with E-state index in [1.807, 2.05) is 6.92 Å². The first kappa shape index (κ1) is 8.14. The fraction of sp³-hybridized carbons (Fsp3) is 0.500. The summed E-state index contributed by atoms with van der Waals surface area (Å²) in [7, 11) is 0. The van der Waals surface area contributed by atoms with Gasteiger partial charge in [0.1, 0.15) is 0 Å². The van der Waals surface area contributed by atoms with Gasteiger partial charge in [-0.1, -0.05) is 6.08 Å². The Hall–Kier alpha value is -0.960. The van der Waals surface area contributed by atoms with Crippen LogP contribution in [0.15, 0.2) is 23.7 Å². The van der Waals surface area contributed by atoms with Crippen molar-refractivity contribution in [3.05, 3.63) is 23.7 Å². The number of aliphatic hydroxyl groups is 1. The van der Waals surface area contributed by atoms with Crippen LogP contribution in [0.3, 0.4) is 0 Å². The van der Waals surface area contributed by atoms with E-state index in [9.17, 15) is 0 Å². The third-order valence-corrected chi connectivity index (χ3v) is 1.62. The maximum absolute atomic E-state index is 8.60. The molecule has 0 spiro atoms.